The first-order valence-corrected chi connectivity index (χ1v) is 12.9. The van der Waals surface area contributed by atoms with Gasteiger partial charge in [-0.1, -0.05) is 65.0 Å². The molecule has 1 aliphatic heterocycles. The number of pyridine rings is 1. The first-order valence-electron chi connectivity index (χ1n) is 12.9. The van der Waals surface area contributed by atoms with Crippen LogP contribution >= 0.6 is 0 Å². The normalized spacial score (nSPS) is 18.7. The van der Waals surface area contributed by atoms with Crippen LogP contribution in [0.2, 0.25) is 0 Å². The highest BCUT2D eigenvalue weighted by atomic mass is 16.5. The molecule has 3 N–H and O–H groups in total. The van der Waals surface area contributed by atoms with E-state index in [4.69, 9.17) is 5.21 Å². The van der Waals surface area contributed by atoms with Crippen LogP contribution in [0.15, 0.2) is 48.8 Å². The molecule has 1 aliphatic carbocycles. The second kappa shape index (κ2) is 14.0. The van der Waals surface area contributed by atoms with Crippen LogP contribution in [-0.2, 0) is 21.5 Å². The first kappa shape index (κ1) is 28.5. The Balaban J connectivity index is 0.00000103. The summed E-state index contributed by atoms with van der Waals surface area (Å²) in [6, 6.07) is 12.5. The van der Waals surface area contributed by atoms with Crippen LogP contribution in [0.25, 0.3) is 0 Å². The lowest BCUT2D eigenvalue weighted by atomic mass is 9.73. The molecule has 2 heterocycles. The quantitative estimate of drug-likeness (QED) is 0.408. The van der Waals surface area contributed by atoms with Gasteiger partial charge in [0.05, 0.1) is 6.04 Å². The average molecular weight is 483 g/mol. The molecule has 1 saturated heterocycles. The van der Waals surface area contributed by atoms with Crippen molar-refractivity contribution in [3.63, 3.8) is 0 Å². The molecule has 0 saturated carbocycles. The molecule has 7 nitrogen and oxygen atoms in total. The molecular formula is C28H42N4O3. The Morgan fingerprint density at radius 3 is 2.43 bits per heavy atom. The fourth-order valence-electron chi connectivity index (χ4n) is 5.12. The second-order valence-electron chi connectivity index (χ2n) is 8.91. The van der Waals surface area contributed by atoms with E-state index in [2.05, 4.69) is 39.5 Å². The van der Waals surface area contributed by atoms with Crippen molar-refractivity contribution in [2.45, 2.75) is 78.3 Å². The molecule has 2 aliphatic rings. The summed E-state index contributed by atoms with van der Waals surface area (Å²) in [4.78, 5) is 30.8. The Morgan fingerprint density at radius 2 is 1.80 bits per heavy atom. The minimum absolute atomic E-state index is 0.0366. The monoisotopic (exact) mass is 482 g/mol. The number of hydrogen-bond donors (Lipinski definition) is 3. The molecular weight excluding hydrogens is 440 g/mol. The zero-order valence-electron chi connectivity index (χ0n) is 21.9. The smallest absolute Gasteiger partial charge is 0.244 e. The van der Waals surface area contributed by atoms with Crippen molar-refractivity contribution in [3.8, 4) is 0 Å². The van der Waals surface area contributed by atoms with Crippen LogP contribution in [-0.4, -0.2) is 40.0 Å². The Morgan fingerprint density at radius 1 is 1.11 bits per heavy atom. The summed E-state index contributed by atoms with van der Waals surface area (Å²) in [5, 5.41) is 11.9. The fraction of sp³-hybridized carbons (Fsp3) is 0.536. The summed E-state index contributed by atoms with van der Waals surface area (Å²) in [6.07, 6.45) is 6.69. The first-order chi connectivity index (χ1) is 17.0. The Hall–Kier alpha value is -2.77. The maximum atomic E-state index is 12.7. The third-order valence-corrected chi connectivity index (χ3v) is 6.82. The minimum atomic E-state index is -0.549. The number of rotatable bonds is 6. The predicted molar refractivity (Wildman–Crippen MR) is 139 cm³/mol. The van der Waals surface area contributed by atoms with E-state index in [1.54, 1.807) is 18.6 Å². The van der Waals surface area contributed by atoms with Crippen molar-refractivity contribution in [3.05, 3.63) is 65.5 Å². The number of carbonyl (C=O) groups excluding carboxylic acids is 2. The van der Waals surface area contributed by atoms with Gasteiger partial charge < -0.3 is 5.32 Å². The van der Waals surface area contributed by atoms with Crippen molar-refractivity contribution in [2.75, 3.05) is 13.1 Å². The number of nitrogens with one attached hydrogen (secondary N) is 2. The van der Waals surface area contributed by atoms with Crippen LogP contribution in [0, 0.1) is 5.92 Å². The third-order valence-electron chi connectivity index (χ3n) is 6.82. The van der Waals surface area contributed by atoms with Gasteiger partial charge in [-0.15, -0.1) is 0 Å². The molecule has 1 aromatic heterocycles. The van der Waals surface area contributed by atoms with Crippen LogP contribution in [0.4, 0.5) is 0 Å². The molecule has 1 spiro atoms. The Kier molecular flexibility index (Phi) is 11.3. The van der Waals surface area contributed by atoms with Gasteiger partial charge in [-0.25, -0.2) is 5.48 Å². The van der Waals surface area contributed by atoms with E-state index in [9.17, 15) is 9.59 Å². The number of aromatic nitrogens is 1. The summed E-state index contributed by atoms with van der Waals surface area (Å²) in [5.74, 6) is -1.21. The Bertz CT molecular complexity index is 927. The molecule has 2 atom stereocenters. The molecule has 35 heavy (non-hydrogen) atoms. The van der Waals surface area contributed by atoms with Gasteiger partial charge in [0.2, 0.25) is 11.8 Å². The molecule has 1 fully saturated rings. The van der Waals surface area contributed by atoms with Gasteiger partial charge in [-0.05, 0) is 55.1 Å². The van der Waals surface area contributed by atoms with Crippen molar-refractivity contribution < 1.29 is 14.8 Å². The number of hydroxylamine groups is 1. The van der Waals surface area contributed by atoms with E-state index >= 15 is 0 Å². The third kappa shape index (κ3) is 7.12. The summed E-state index contributed by atoms with van der Waals surface area (Å²) in [6.45, 7) is 12.6. The van der Waals surface area contributed by atoms with E-state index in [0.29, 0.717) is 0 Å². The molecule has 1 aromatic carbocycles. The van der Waals surface area contributed by atoms with Gasteiger partial charge in [0, 0.05) is 36.7 Å². The van der Waals surface area contributed by atoms with Crippen LogP contribution < -0.4 is 10.8 Å². The molecule has 1 unspecified atom stereocenters. The van der Waals surface area contributed by atoms with Crippen molar-refractivity contribution in [2.24, 2.45) is 5.92 Å². The molecule has 192 valence electrons. The van der Waals surface area contributed by atoms with Crippen molar-refractivity contribution in [1.29, 1.82) is 0 Å². The number of fused-ring (bicyclic) bond motifs is 2. The number of amides is 2. The van der Waals surface area contributed by atoms with E-state index in [1.165, 1.54) is 16.7 Å². The summed E-state index contributed by atoms with van der Waals surface area (Å²) >= 11 is 0. The summed E-state index contributed by atoms with van der Waals surface area (Å²) < 4.78 is 0. The number of hydrogen-bond acceptors (Lipinski definition) is 5. The molecule has 0 radical (unpaired) electrons. The lowest BCUT2D eigenvalue weighted by Crippen LogP contribution is -2.42. The van der Waals surface area contributed by atoms with E-state index in [-0.39, 0.29) is 23.8 Å². The van der Waals surface area contributed by atoms with Gasteiger partial charge in [0.1, 0.15) is 0 Å². The lowest BCUT2D eigenvalue weighted by Gasteiger charge is -2.40. The highest BCUT2D eigenvalue weighted by Crippen LogP contribution is 2.50. The molecule has 2 aromatic rings. The van der Waals surface area contributed by atoms with E-state index in [1.807, 2.05) is 46.0 Å². The maximum absolute atomic E-state index is 12.7. The van der Waals surface area contributed by atoms with Crippen LogP contribution in [0.5, 0.6) is 0 Å². The minimum Gasteiger partial charge on any atom is -0.349 e. The largest absolute Gasteiger partial charge is 0.349 e. The number of likely N-dealkylation sites (tertiary alicyclic amines) is 1. The number of piperidine rings is 1. The zero-order chi connectivity index (χ0) is 25.8. The fourth-order valence-corrected chi connectivity index (χ4v) is 5.12. The highest BCUT2D eigenvalue weighted by Gasteiger charge is 2.45. The van der Waals surface area contributed by atoms with Gasteiger partial charge >= 0.3 is 0 Å². The zero-order valence-corrected chi connectivity index (χ0v) is 21.9. The van der Waals surface area contributed by atoms with Gasteiger partial charge in [-0.3, -0.25) is 24.7 Å². The Labute approximate surface area is 210 Å². The van der Waals surface area contributed by atoms with Gasteiger partial charge in [0.25, 0.3) is 0 Å². The molecule has 4 rings (SSSR count). The van der Waals surface area contributed by atoms with E-state index in [0.717, 1.165) is 38.9 Å². The number of carbonyl (C=O) groups is 2. The average Bonchev–Trinajstić information content (AvgIpc) is 3.21. The molecule has 0 bridgehead atoms. The number of nitrogens with zero attached hydrogens (tertiary/aromatic N) is 2. The van der Waals surface area contributed by atoms with Crippen molar-refractivity contribution in [1.82, 2.24) is 20.7 Å². The van der Waals surface area contributed by atoms with Crippen LogP contribution in [0.3, 0.4) is 0 Å². The summed E-state index contributed by atoms with van der Waals surface area (Å²) in [5.41, 5.74) is 5.45. The number of benzene rings is 1. The standard InChI is InChI=1S/C24H30N4O3.2C2H6/c1-17(13-22(29)27-31)23(30)26-21-14-24(20-7-3-2-6-19(20)21)8-11-28(12-9-24)16-18-5-4-10-25-15-18;2*1-2/h2-7,10,15,17,21,31H,8-9,11-14,16H2,1H3,(H,26,30)(H,27,29);2*1-2H3/t17-,21?;;/m1../s1. The SMILES string of the molecule is CC.CC.C[C@H](CC(=O)NO)C(=O)NC1CC2(CCN(Cc3cccnc3)CC2)c2ccccc21. The maximum Gasteiger partial charge on any atom is 0.244 e. The molecule has 7 heteroatoms. The lowest BCUT2D eigenvalue weighted by molar-refractivity contribution is -0.134. The topological polar surface area (TPSA) is 94.6 Å². The molecule has 2 amide bonds. The predicted octanol–water partition coefficient (Wildman–Crippen LogP) is 4.76. The summed E-state index contributed by atoms with van der Waals surface area (Å²) in [7, 11) is 0. The van der Waals surface area contributed by atoms with Gasteiger partial charge in [-0.2, -0.15) is 0 Å². The van der Waals surface area contributed by atoms with Crippen LogP contribution in [0.1, 0.15) is 83.0 Å². The van der Waals surface area contributed by atoms with Gasteiger partial charge in [0.15, 0.2) is 0 Å². The van der Waals surface area contributed by atoms with Crippen molar-refractivity contribution >= 4 is 11.8 Å². The highest BCUT2D eigenvalue weighted by molar-refractivity contribution is 5.85. The van der Waals surface area contributed by atoms with E-state index < -0.39 is 11.8 Å². The second-order valence-corrected chi connectivity index (χ2v) is 8.91.